The number of rotatable bonds is 3. The van der Waals surface area contributed by atoms with E-state index in [2.05, 4.69) is 47.8 Å². The molecule has 2 aromatic rings. The molecule has 1 aliphatic carbocycles. The number of anilines is 1. The van der Waals surface area contributed by atoms with Gasteiger partial charge >= 0.3 is 0 Å². The van der Waals surface area contributed by atoms with Gasteiger partial charge < -0.3 is 4.90 Å². The van der Waals surface area contributed by atoms with Crippen molar-refractivity contribution in [2.75, 3.05) is 11.4 Å². The van der Waals surface area contributed by atoms with Crippen LogP contribution in [0.15, 0.2) is 48.5 Å². The van der Waals surface area contributed by atoms with Gasteiger partial charge in [0.25, 0.3) is 0 Å². The average Bonchev–Trinajstić information content (AvgIpc) is 2.67. The van der Waals surface area contributed by atoms with Crippen LogP contribution in [0.25, 0.3) is 0 Å². The fourth-order valence-corrected chi connectivity index (χ4v) is 4.30. The van der Waals surface area contributed by atoms with Crippen LogP contribution in [-0.4, -0.2) is 18.5 Å². The topological polar surface area (TPSA) is 32.3 Å². The summed E-state index contributed by atoms with van der Waals surface area (Å²) in [6.45, 7) is 2.83. The summed E-state index contributed by atoms with van der Waals surface area (Å²) in [6.07, 6.45) is 5.54. The minimum Gasteiger partial charge on any atom is -0.311 e. The number of hydrogen-bond donors (Lipinski definition) is 1. The van der Waals surface area contributed by atoms with Gasteiger partial charge in [0.2, 0.25) is 5.91 Å². The Morgan fingerprint density at radius 2 is 1.76 bits per heavy atom. The minimum atomic E-state index is -0.178. The maximum atomic E-state index is 13.1. The molecule has 0 radical (unpaired) electrons. The molecule has 0 fully saturated rings. The highest BCUT2D eigenvalue weighted by molar-refractivity contribution is 5.98. The number of fused-ring (bicyclic) bond motifs is 2. The Hall–Kier alpha value is -2.13. The molecule has 1 aliphatic heterocycles. The molecule has 130 valence electrons. The van der Waals surface area contributed by atoms with Gasteiger partial charge in [0, 0.05) is 18.3 Å². The van der Waals surface area contributed by atoms with Crippen molar-refractivity contribution in [1.82, 2.24) is 5.32 Å². The van der Waals surface area contributed by atoms with E-state index in [1.165, 1.54) is 23.1 Å². The molecule has 1 heterocycles. The van der Waals surface area contributed by atoms with E-state index in [1.54, 1.807) is 0 Å². The second-order valence-corrected chi connectivity index (χ2v) is 7.25. The van der Waals surface area contributed by atoms with Crippen LogP contribution in [0.2, 0.25) is 0 Å². The normalized spacial score (nSPS) is 20.5. The number of para-hydroxylation sites is 1. The summed E-state index contributed by atoms with van der Waals surface area (Å²) in [5.41, 5.74) is 5.18. The third-order valence-electron chi connectivity index (χ3n) is 5.57. The predicted molar refractivity (Wildman–Crippen MR) is 102 cm³/mol. The number of carbonyl (C=O) groups excluding carboxylic acids is 1. The van der Waals surface area contributed by atoms with Crippen LogP contribution < -0.4 is 10.2 Å². The first-order valence-corrected chi connectivity index (χ1v) is 9.47. The highest BCUT2D eigenvalue weighted by Gasteiger charge is 2.29. The lowest BCUT2D eigenvalue weighted by Crippen LogP contribution is -2.48. The number of benzene rings is 2. The van der Waals surface area contributed by atoms with Gasteiger partial charge in [0.05, 0.1) is 6.04 Å². The summed E-state index contributed by atoms with van der Waals surface area (Å²) in [6, 6.07) is 17.1. The van der Waals surface area contributed by atoms with Gasteiger partial charge in [-0.05, 0) is 61.8 Å². The van der Waals surface area contributed by atoms with Gasteiger partial charge in [-0.15, -0.1) is 0 Å². The first-order chi connectivity index (χ1) is 12.2. The van der Waals surface area contributed by atoms with E-state index < -0.39 is 0 Å². The van der Waals surface area contributed by atoms with Crippen molar-refractivity contribution in [1.29, 1.82) is 0 Å². The monoisotopic (exact) mass is 334 g/mol. The second-order valence-electron chi connectivity index (χ2n) is 7.25. The molecule has 2 atom stereocenters. The molecule has 2 aliphatic rings. The zero-order chi connectivity index (χ0) is 17.2. The minimum absolute atomic E-state index is 0.178. The molecule has 1 amide bonds. The molecule has 0 bridgehead atoms. The number of nitrogens with zero attached hydrogens (tertiary/aromatic N) is 1. The first-order valence-electron chi connectivity index (χ1n) is 9.47. The lowest BCUT2D eigenvalue weighted by Gasteiger charge is -2.34. The van der Waals surface area contributed by atoms with Crippen molar-refractivity contribution in [2.45, 2.75) is 51.1 Å². The average molecular weight is 334 g/mol. The van der Waals surface area contributed by atoms with Gasteiger partial charge in [0.1, 0.15) is 0 Å². The highest BCUT2D eigenvalue weighted by atomic mass is 16.2. The molecule has 0 unspecified atom stereocenters. The fraction of sp³-hybridized carbons (Fsp3) is 0.409. The molecule has 2 aromatic carbocycles. The Morgan fingerprint density at radius 3 is 2.64 bits per heavy atom. The molecule has 3 heteroatoms. The smallest absolute Gasteiger partial charge is 0.243 e. The van der Waals surface area contributed by atoms with E-state index in [9.17, 15) is 4.79 Å². The van der Waals surface area contributed by atoms with Crippen LogP contribution in [0, 0.1) is 0 Å². The molecule has 3 nitrogen and oxygen atoms in total. The summed E-state index contributed by atoms with van der Waals surface area (Å²) >= 11 is 0. The van der Waals surface area contributed by atoms with Crippen molar-refractivity contribution in [2.24, 2.45) is 0 Å². The van der Waals surface area contributed by atoms with E-state index in [0.29, 0.717) is 0 Å². The van der Waals surface area contributed by atoms with Crippen molar-refractivity contribution < 1.29 is 4.79 Å². The maximum Gasteiger partial charge on any atom is 0.243 e. The van der Waals surface area contributed by atoms with Crippen LogP contribution in [-0.2, 0) is 17.6 Å². The summed E-state index contributed by atoms with van der Waals surface area (Å²) in [5.74, 6) is 0.190. The largest absolute Gasteiger partial charge is 0.311 e. The van der Waals surface area contributed by atoms with Crippen LogP contribution in [0.4, 0.5) is 5.69 Å². The van der Waals surface area contributed by atoms with E-state index >= 15 is 0 Å². The third-order valence-corrected chi connectivity index (χ3v) is 5.57. The SMILES string of the molecule is C[C@H](N[C@@H]1CCCc2ccccc21)C(=O)N1CCCc2ccccc21. The Labute approximate surface area is 150 Å². The maximum absolute atomic E-state index is 13.1. The molecule has 1 N–H and O–H groups in total. The number of nitrogens with one attached hydrogen (secondary N) is 1. The van der Waals surface area contributed by atoms with Crippen molar-refractivity contribution >= 4 is 11.6 Å². The van der Waals surface area contributed by atoms with Gasteiger partial charge in [-0.25, -0.2) is 0 Å². The molecule has 0 saturated heterocycles. The van der Waals surface area contributed by atoms with Crippen molar-refractivity contribution in [3.8, 4) is 0 Å². The van der Waals surface area contributed by atoms with Gasteiger partial charge in [0.15, 0.2) is 0 Å². The van der Waals surface area contributed by atoms with Crippen molar-refractivity contribution in [3.63, 3.8) is 0 Å². The lowest BCUT2D eigenvalue weighted by molar-refractivity contribution is -0.120. The first kappa shape index (κ1) is 16.3. The predicted octanol–water partition coefficient (Wildman–Crippen LogP) is 4.02. The number of amides is 1. The fourth-order valence-electron chi connectivity index (χ4n) is 4.30. The summed E-state index contributed by atoms with van der Waals surface area (Å²) < 4.78 is 0. The Morgan fingerprint density at radius 1 is 1.04 bits per heavy atom. The molecule has 0 spiro atoms. The molecule has 4 rings (SSSR count). The van der Waals surface area contributed by atoms with Gasteiger partial charge in [-0.2, -0.15) is 0 Å². The zero-order valence-electron chi connectivity index (χ0n) is 14.9. The number of hydrogen-bond acceptors (Lipinski definition) is 2. The van der Waals surface area contributed by atoms with E-state index in [1.807, 2.05) is 17.9 Å². The molecular weight excluding hydrogens is 308 g/mol. The summed E-state index contributed by atoms with van der Waals surface area (Å²) in [5, 5.41) is 3.61. The van der Waals surface area contributed by atoms with Crippen molar-refractivity contribution in [3.05, 3.63) is 65.2 Å². The second kappa shape index (κ2) is 7.01. The third kappa shape index (κ3) is 3.21. The zero-order valence-corrected chi connectivity index (χ0v) is 14.9. The molecule has 0 saturated carbocycles. The summed E-state index contributed by atoms with van der Waals surface area (Å²) in [4.78, 5) is 15.1. The number of aryl methyl sites for hydroxylation is 2. The Kier molecular flexibility index (Phi) is 4.58. The van der Waals surface area contributed by atoms with Crippen LogP contribution in [0.1, 0.15) is 48.9 Å². The Balaban J connectivity index is 1.51. The van der Waals surface area contributed by atoms with E-state index in [4.69, 9.17) is 0 Å². The van der Waals surface area contributed by atoms with Crippen LogP contribution >= 0.6 is 0 Å². The summed E-state index contributed by atoms with van der Waals surface area (Å²) in [7, 11) is 0. The molecule has 0 aromatic heterocycles. The highest BCUT2D eigenvalue weighted by Crippen LogP contribution is 2.31. The van der Waals surface area contributed by atoms with Gasteiger partial charge in [-0.1, -0.05) is 42.5 Å². The lowest BCUT2D eigenvalue weighted by atomic mass is 9.87. The van der Waals surface area contributed by atoms with Crippen LogP contribution in [0.5, 0.6) is 0 Å². The number of carbonyl (C=O) groups is 1. The molecule has 25 heavy (non-hydrogen) atoms. The van der Waals surface area contributed by atoms with E-state index in [-0.39, 0.29) is 18.0 Å². The standard InChI is InChI=1S/C22H26N2O/c1-16(23-20-13-6-10-17-8-2-4-12-19(17)20)22(25)24-15-7-11-18-9-3-5-14-21(18)24/h2-5,8-9,12,14,16,20,23H,6-7,10-11,13,15H2,1H3/t16-,20+/m0/s1. The van der Waals surface area contributed by atoms with Gasteiger partial charge in [-0.3, -0.25) is 10.1 Å². The Bertz CT molecular complexity index is 770. The van der Waals surface area contributed by atoms with Crippen LogP contribution in [0.3, 0.4) is 0 Å². The molecular formula is C22H26N2O. The van der Waals surface area contributed by atoms with E-state index in [0.717, 1.165) is 37.9 Å². The quantitative estimate of drug-likeness (QED) is 0.919.